The minimum atomic E-state index is -1.52. The number of aliphatic carboxylic acids is 1. The van der Waals surface area contributed by atoms with E-state index in [4.69, 9.17) is 0 Å². The Balaban J connectivity index is 1.96. The van der Waals surface area contributed by atoms with Crippen LogP contribution in [0.5, 0.6) is 5.75 Å². The van der Waals surface area contributed by atoms with E-state index in [1.807, 2.05) is 0 Å². The first-order valence-corrected chi connectivity index (χ1v) is 7.63. The van der Waals surface area contributed by atoms with Gasteiger partial charge in [-0.05, 0) is 35.9 Å². The second kappa shape index (κ2) is 6.98. The zero-order valence-corrected chi connectivity index (χ0v) is 13.4. The molecule has 2 aromatic rings. The van der Waals surface area contributed by atoms with Gasteiger partial charge in [0.15, 0.2) is 0 Å². The van der Waals surface area contributed by atoms with Gasteiger partial charge in [0.1, 0.15) is 11.9 Å². The molecule has 1 aliphatic heterocycles. The van der Waals surface area contributed by atoms with Gasteiger partial charge < -0.3 is 20.3 Å². The number of hydrogen-bond acceptors (Lipinski definition) is 6. The van der Waals surface area contributed by atoms with E-state index in [1.54, 1.807) is 36.4 Å². The number of phenolic OH excluding ortho intramolecular Hbond substituents is 1. The molecule has 0 bridgehead atoms. The number of nitrogens with one attached hydrogen (secondary N) is 2. The molecule has 0 unspecified atom stereocenters. The largest absolute Gasteiger partial charge is 0.545 e. The van der Waals surface area contributed by atoms with Crippen LogP contribution in [0.1, 0.15) is 22.1 Å². The van der Waals surface area contributed by atoms with E-state index in [1.165, 1.54) is 12.1 Å². The SMILES string of the molecule is O=C([O-])/C=C/C(=O)NN1C(=O)c2ccccc2N[C@@H]1c1ccc(O)cc1. The number of amides is 2. The van der Waals surface area contributed by atoms with E-state index in [2.05, 4.69) is 10.7 Å². The highest BCUT2D eigenvalue weighted by atomic mass is 16.4. The Bertz CT molecular complexity index is 892. The standard InChI is InChI=1S/C18H15N3O5/c22-12-7-5-11(6-8-12)17-19-14-4-2-1-3-13(14)18(26)21(17)20-15(23)9-10-16(24)25/h1-10,17,19,22H,(H,20,23)(H,24,25)/p-1/b10-9+/t17-/m0/s1. The summed E-state index contributed by atoms with van der Waals surface area (Å²) >= 11 is 0. The van der Waals surface area contributed by atoms with Crippen LogP contribution in [0.2, 0.25) is 0 Å². The van der Waals surface area contributed by atoms with Gasteiger partial charge in [0.2, 0.25) is 0 Å². The van der Waals surface area contributed by atoms with Crippen molar-refractivity contribution < 1.29 is 24.6 Å². The topological polar surface area (TPSA) is 122 Å². The predicted octanol–water partition coefficient (Wildman–Crippen LogP) is 0.296. The van der Waals surface area contributed by atoms with E-state index in [0.29, 0.717) is 22.9 Å². The molecule has 132 valence electrons. The molecule has 2 amide bonds. The molecule has 0 fully saturated rings. The lowest BCUT2D eigenvalue weighted by Gasteiger charge is -2.37. The van der Waals surface area contributed by atoms with E-state index < -0.39 is 23.9 Å². The van der Waals surface area contributed by atoms with Gasteiger partial charge in [0.25, 0.3) is 11.8 Å². The van der Waals surface area contributed by atoms with Crippen LogP contribution < -0.4 is 15.8 Å². The third-order valence-corrected chi connectivity index (χ3v) is 3.74. The number of fused-ring (bicyclic) bond motifs is 1. The third kappa shape index (κ3) is 3.48. The maximum atomic E-state index is 12.8. The van der Waals surface area contributed by atoms with Crippen LogP contribution in [-0.2, 0) is 9.59 Å². The summed E-state index contributed by atoms with van der Waals surface area (Å²) in [6.07, 6.45) is 0.579. The van der Waals surface area contributed by atoms with Gasteiger partial charge in [-0.2, -0.15) is 0 Å². The summed E-state index contributed by atoms with van der Waals surface area (Å²) in [4.78, 5) is 35.2. The molecule has 0 saturated heterocycles. The monoisotopic (exact) mass is 352 g/mol. The summed E-state index contributed by atoms with van der Waals surface area (Å²) in [5, 5.41) is 24.1. The Morgan fingerprint density at radius 3 is 2.50 bits per heavy atom. The van der Waals surface area contributed by atoms with Crippen LogP contribution in [0.15, 0.2) is 60.7 Å². The van der Waals surface area contributed by atoms with Crippen LogP contribution >= 0.6 is 0 Å². The van der Waals surface area contributed by atoms with Crippen molar-refractivity contribution in [2.24, 2.45) is 0 Å². The van der Waals surface area contributed by atoms with E-state index in [-0.39, 0.29) is 5.75 Å². The molecule has 1 heterocycles. The normalized spacial score (nSPS) is 16.1. The van der Waals surface area contributed by atoms with Crippen LogP contribution in [0.3, 0.4) is 0 Å². The number of rotatable bonds is 4. The first-order valence-electron chi connectivity index (χ1n) is 7.63. The zero-order chi connectivity index (χ0) is 18.7. The van der Waals surface area contributed by atoms with E-state index in [0.717, 1.165) is 11.1 Å². The number of anilines is 1. The molecule has 1 aliphatic rings. The minimum absolute atomic E-state index is 0.0590. The molecular weight excluding hydrogens is 338 g/mol. The molecule has 2 aromatic carbocycles. The number of phenols is 1. The molecule has 8 heteroatoms. The number of para-hydroxylation sites is 1. The number of benzene rings is 2. The van der Waals surface area contributed by atoms with E-state index in [9.17, 15) is 24.6 Å². The summed E-state index contributed by atoms with van der Waals surface area (Å²) in [6, 6.07) is 12.9. The lowest BCUT2D eigenvalue weighted by Crippen LogP contribution is -2.52. The number of carbonyl (C=O) groups is 3. The second-order valence-electron chi connectivity index (χ2n) is 5.49. The van der Waals surface area contributed by atoms with E-state index >= 15 is 0 Å². The quantitative estimate of drug-likeness (QED) is 0.680. The lowest BCUT2D eigenvalue weighted by atomic mass is 10.0. The number of carboxylic acids is 1. The van der Waals surface area contributed by atoms with Gasteiger partial charge in [-0.15, -0.1) is 0 Å². The number of aromatic hydroxyl groups is 1. The zero-order valence-electron chi connectivity index (χ0n) is 13.4. The molecule has 0 saturated carbocycles. The highest BCUT2D eigenvalue weighted by Gasteiger charge is 2.33. The molecule has 0 aliphatic carbocycles. The summed E-state index contributed by atoms with van der Waals surface area (Å²) in [5.41, 5.74) is 3.92. The summed E-state index contributed by atoms with van der Waals surface area (Å²) in [7, 11) is 0. The van der Waals surface area contributed by atoms with Crippen LogP contribution in [0.25, 0.3) is 0 Å². The maximum Gasteiger partial charge on any atom is 0.276 e. The van der Waals surface area contributed by atoms with Crippen molar-refractivity contribution >= 4 is 23.5 Å². The van der Waals surface area contributed by atoms with Crippen LogP contribution in [0.4, 0.5) is 5.69 Å². The number of carbonyl (C=O) groups excluding carboxylic acids is 3. The third-order valence-electron chi connectivity index (χ3n) is 3.74. The van der Waals surface area contributed by atoms with Gasteiger partial charge in [-0.25, -0.2) is 5.01 Å². The summed E-state index contributed by atoms with van der Waals surface area (Å²) < 4.78 is 0. The fourth-order valence-electron chi connectivity index (χ4n) is 2.56. The first-order chi connectivity index (χ1) is 12.5. The van der Waals surface area contributed by atoms with Crippen molar-refractivity contribution in [3.63, 3.8) is 0 Å². The number of carboxylic acid groups (broad SMARTS) is 1. The Labute approximate surface area is 148 Å². The molecule has 0 aromatic heterocycles. The first kappa shape index (κ1) is 17.0. The van der Waals surface area contributed by atoms with Gasteiger partial charge in [-0.1, -0.05) is 24.3 Å². The minimum Gasteiger partial charge on any atom is -0.545 e. The molecule has 0 radical (unpaired) electrons. The number of hydrazine groups is 1. The van der Waals surface area contributed by atoms with Crippen molar-refractivity contribution in [3.8, 4) is 5.75 Å². The number of nitrogens with zero attached hydrogens (tertiary/aromatic N) is 1. The Hall–Kier alpha value is -3.81. The summed E-state index contributed by atoms with van der Waals surface area (Å²) in [5.74, 6) is -2.73. The van der Waals surface area contributed by atoms with Crippen molar-refractivity contribution in [1.29, 1.82) is 0 Å². The molecular formula is C18H14N3O5-. The van der Waals surface area contributed by atoms with Gasteiger partial charge >= 0.3 is 0 Å². The Morgan fingerprint density at radius 2 is 1.81 bits per heavy atom. The smallest absolute Gasteiger partial charge is 0.276 e. The lowest BCUT2D eigenvalue weighted by molar-refractivity contribution is -0.297. The van der Waals surface area contributed by atoms with Gasteiger partial charge in [-0.3, -0.25) is 15.0 Å². The van der Waals surface area contributed by atoms with Crippen LogP contribution in [-0.4, -0.2) is 27.9 Å². The average molecular weight is 352 g/mol. The predicted molar refractivity (Wildman–Crippen MR) is 89.4 cm³/mol. The van der Waals surface area contributed by atoms with Crippen molar-refractivity contribution in [2.45, 2.75) is 6.17 Å². The van der Waals surface area contributed by atoms with Crippen molar-refractivity contribution in [2.75, 3.05) is 5.32 Å². The highest BCUT2D eigenvalue weighted by molar-refractivity contribution is 6.03. The Morgan fingerprint density at radius 1 is 1.12 bits per heavy atom. The summed E-state index contributed by atoms with van der Waals surface area (Å²) in [6.45, 7) is 0. The highest BCUT2D eigenvalue weighted by Crippen LogP contribution is 2.32. The van der Waals surface area contributed by atoms with Crippen molar-refractivity contribution in [1.82, 2.24) is 10.4 Å². The van der Waals surface area contributed by atoms with Gasteiger partial charge in [0, 0.05) is 11.8 Å². The molecule has 3 N–H and O–H groups in total. The average Bonchev–Trinajstić information content (AvgIpc) is 2.63. The van der Waals surface area contributed by atoms with Crippen molar-refractivity contribution in [3.05, 3.63) is 71.8 Å². The number of hydrogen-bond donors (Lipinski definition) is 3. The Kier molecular flexibility index (Phi) is 4.57. The maximum absolute atomic E-state index is 12.8. The fraction of sp³-hybridized carbons (Fsp3) is 0.0556. The van der Waals surface area contributed by atoms with Crippen LogP contribution in [0, 0.1) is 0 Å². The second-order valence-corrected chi connectivity index (χ2v) is 5.49. The van der Waals surface area contributed by atoms with Gasteiger partial charge in [0.05, 0.1) is 11.5 Å². The molecule has 1 atom stereocenters. The molecule has 26 heavy (non-hydrogen) atoms. The molecule has 3 rings (SSSR count). The fourth-order valence-corrected chi connectivity index (χ4v) is 2.56. The molecule has 8 nitrogen and oxygen atoms in total. The molecule has 0 spiro atoms.